The lowest BCUT2D eigenvalue weighted by Crippen LogP contribution is -2.33. The Bertz CT molecular complexity index is 906. The molecule has 4 heteroatoms. The van der Waals surface area contributed by atoms with Gasteiger partial charge in [-0.2, -0.15) is 0 Å². The summed E-state index contributed by atoms with van der Waals surface area (Å²) in [6, 6.07) is 26.9. The summed E-state index contributed by atoms with van der Waals surface area (Å²) >= 11 is 0. The van der Waals surface area contributed by atoms with Gasteiger partial charge in [-0.25, -0.2) is 0 Å². The zero-order valence-corrected chi connectivity index (χ0v) is 16.0. The summed E-state index contributed by atoms with van der Waals surface area (Å²) in [6.45, 7) is 2.50. The van der Waals surface area contributed by atoms with Crippen LogP contribution in [0.2, 0.25) is 0 Å². The van der Waals surface area contributed by atoms with Crippen molar-refractivity contribution in [3.63, 3.8) is 0 Å². The molecule has 3 rings (SSSR count). The van der Waals surface area contributed by atoms with Crippen LogP contribution in [0.4, 0.5) is 11.4 Å². The van der Waals surface area contributed by atoms with Crippen LogP contribution in [-0.4, -0.2) is 11.8 Å². The van der Waals surface area contributed by atoms with Crippen molar-refractivity contribution < 1.29 is 9.59 Å². The summed E-state index contributed by atoms with van der Waals surface area (Å²) in [5.41, 5.74) is 3.68. The van der Waals surface area contributed by atoms with Gasteiger partial charge in [-0.05, 0) is 41.8 Å². The van der Waals surface area contributed by atoms with E-state index in [2.05, 4.69) is 12.2 Å². The van der Waals surface area contributed by atoms with Crippen molar-refractivity contribution in [2.24, 2.45) is 0 Å². The highest BCUT2D eigenvalue weighted by molar-refractivity contribution is 6.09. The van der Waals surface area contributed by atoms with Gasteiger partial charge in [-0.3, -0.25) is 9.59 Å². The predicted molar refractivity (Wildman–Crippen MR) is 113 cm³/mol. The van der Waals surface area contributed by atoms with E-state index in [1.807, 2.05) is 84.9 Å². The number of carbonyl (C=O) groups is 2. The predicted octanol–water partition coefficient (Wildman–Crippen LogP) is 4.81. The van der Waals surface area contributed by atoms with Crippen LogP contribution in [0, 0.1) is 0 Å². The van der Waals surface area contributed by atoms with Crippen molar-refractivity contribution in [3.05, 3.63) is 96.1 Å². The van der Waals surface area contributed by atoms with E-state index >= 15 is 0 Å². The normalized spacial score (nSPS) is 10.3. The number of para-hydroxylation sites is 1. The van der Waals surface area contributed by atoms with Crippen molar-refractivity contribution in [2.45, 2.75) is 26.3 Å². The number of hydrogen-bond donors (Lipinski definition) is 1. The zero-order valence-electron chi connectivity index (χ0n) is 16.0. The average molecular weight is 372 g/mol. The standard InChI is InChI=1S/C24H24N2O2/c1-2-19-13-15-21(16-14-19)25-23(27)17-24(28)26(22-11-7-4-8-12-22)18-20-9-5-3-6-10-20/h3-16H,2,17-18H2,1H3,(H,25,27). The van der Waals surface area contributed by atoms with E-state index in [0.29, 0.717) is 12.2 Å². The second kappa shape index (κ2) is 9.51. The minimum absolute atomic E-state index is 0.211. The maximum atomic E-state index is 12.9. The minimum atomic E-state index is -0.316. The Morgan fingerprint density at radius 2 is 1.39 bits per heavy atom. The van der Waals surface area contributed by atoms with Crippen LogP contribution in [0.25, 0.3) is 0 Å². The number of rotatable bonds is 7. The summed E-state index contributed by atoms with van der Waals surface area (Å²) in [6.07, 6.45) is 0.732. The lowest BCUT2D eigenvalue weighted by molar-refractivity contribution is -0.125. The number of aryl methyl sites for hydroxylation is 1. The molecule has 0 aliphatic carbocycles. The largest absolute Gasteiger partial charge is 0.326 e. The number of nitrogens with zero attached hydrogens (tertiary/aromatic N) is 1. The highest BCUT2D eigenvalue weighted by atomic mass is 16.2. The van der Waals surface area contributed by atoms with Gasteiger partial charge in [0, 0.05) is 11.4 Å². The monoisotopic (exact) mass is 372 g/mol. The van der Waals surface area contributed by atoms with Gasteiger partial charge in [0.15, 0.2) is 0 Å². The quantitative estimate of drug-likeness (QED) is 0.605. The van der Waals surface area contributed by atoms with Crippen LogP contribution in [0.3, 0.4) is 0 Å². The van der Waals surface area contributed by atoms with Crippen LogP contribution in [0.5, 0.6) is 0 Å². The summed E-state index contributed by atoms with van der Waals surface area (Å²) < 4.78 is 0. The van der Waals surface area contributed by atoms with E-state index < -0.39 is 0 Å². The third kappa shape index (κ3) is 5.30. The molecule has 0 aromatic heterocycles. The Hall–Kier alpha value is -3.40. The van der Waals surface area contributed by atoms with Crippen LogP contribution >= 0.6 is 0 Å². The van der Waals surface area contributed by atoms with E-state index in [9.17, 15) is 9.59 Å². The van der Waals surface area contributed by atoms with E-state index in [1.165, 1.54) is 5.56 Å². The van der Waals surface area contributed by atoms with E-state index in [-0.39, 0.29) is 18.2 Å². The van der Waals surface area contributed by atoms with Crippen molar-refractivity contribution in [1.82, 2.24) is 0 Å². The van der Waals surface area contributed by atoms with Crippen molar-refractivity contribution >= 4 is 23.2 Å². The summed E-state index contributed by atoms with van der Waals surface area (Å²) in [5, 5.41) is 2.81. The number of nitrogens with one attached hydrogen (secondary N) is 1. The molecule has 28 heavy (non-hydrogen) atoms. The number of hydrogen-bond acceptors (Lipinski definition) is 2. The average Bonchev–Trinajstić information content (AvgIpc) is 2.74. The van der Waals surface area contributed by atoms with E-state index in [0.717, 1.165) is 17.7 Å². The van der Waals surface area contributed by atoms with Crippen molar-refractivity contribution in [2.75, 3.05) is 10.2 Å². The fourth-order valence-corrected chi connectivity index (χ4v) is 2.96. The number of benzene rings is 3. The highest BCUT2D eigenvalue weighted by Crippen LogP contribution is 2.18. The Kier molecular flexibility index (Phi) is 6.58. The SMILES string of the molecule is CCc1ccc(NC(=O)CC(=O)N(Cc2ccccc2)c2ccccc2)cc1. The van der Waals surface area contributed by atoms with Gasteiger partial charge in [-0.1, -0.05) is 67.6 Å². The van der Waals surface area contributed by atoms with Crippen molar-refractivity contribution in [3.8, 4) is 0 Å². The van der Waals surface area contributed by atoms with Gasteiger partial charge in [0.25, 0.3) is 0 Å². The number of amides is 2. The molecule has 0 aliphatic rings. The summed E-state index contributed by atoms with van der Waals surface area (Å²) in [7, 11) is 0. The molecular weight excluding hydrogens is 348 g/mol. The maximum absolute atomic E-state index is 12.9. The molecule has 0 saturated heterocycles. The Morgan fingerprint density at radius 3 is 2.00 bits per heavy atom. The maximum Gasteiger partial charge on any atom is 0.236 e. The molecule has 2 amide bonds. The van der Waals surface area contributed by atoms with Gasteiger partial charge < -0.3 is 10.2 Å². The number of carbonyl (C=O) groups excluding carboxylic acids is 2. The third-order valence-electron chi connectivity index (χ3n) is 4.51. The minimum Gasteiger partial charge on any atom is -0.326 e. The second-order valence-corrected chi connectivity index (χ2v) is 6.58. The molecule has 0 heterocycles. The van der Waals surface area contributed by atoms with E-state index in [4.69, 9.17) is 0 Å². The van der Waals surface area contributed by atoms with Crippen molar-refractivity contribution in [1.29, 1.82) is 0 Å². The first-order valence-corrected chi connectivity index (χ1v) is 9.44. The molecule has 142 valence electrons. The first-order valence-electron chi connectivity index (χ1n) is 9.44. The van der Waals surface area contributed by atoms with Crippen LogP contribution in [0.15, 0.2) is 84.9 Å². The second-order valence-electron chi connectivity index (χ2n) is 6.58. The van der Waals surface area contributed by atoms with Gasteiger partial charge in [-0.15, -0.1) is 0 Å². The Balaban J connectivity index is 1.70. The molecule has 0 aliphatic heterocycles. The molecule has 0 fully saturated rings. The highest BCUT2D eigenvalue weighted by Gasteiger charge is 2.19. The van der Waals surface area contributed by atoms with Crippen LogP contribution < -0.4 is 10.2 Å². The Labute approximate surface area is 165 Å². The van der Waals surface area contributed by atoms with Crippen LogP contribution in [-0.2, 0) is 22.6 Å². The first-order chi connectivity index (χ1) is 13.7. The molecule has 0 atom stereocenters. The van der Waals surface area contributed by atoms with E-state index in [1.54, 1.807) is 4.90 Å². The molecule has 0 unspecified atom stereocenters. The van der Waals surface area contributed by atoms with Crippen LogP contribution in [0.1, 0.15) is 24.5 Å². The molecule has 3 aromatic rings. The lowest BCUT2D eigenvalue weighted by atomic mass is 10.1. The fraction of sp³-hybridized carbons (Fsp3) is 0.167. The molecule has 1 N–H and O–H groups in total. The summed E-state index contributed by atoms with van der Waals surface area (Å²) in [4.78, 5) is 27.0. The molecule has 0 radical (unpaired) electrons. The zero-order chi connectivity index (χ0) is 19.8. The molecule has 0 bridgehead atoms. The molecule has 4 nitrogen and oxygen atoms in total. The first kappa shape index (κ1) is 19.4. The smallest absolute Gasteiger partial charge is 0.236 e. The van der Waals surface area contributed by atoms with Gasteiger partial charge >= 0.3 is 0 Å². The molecule has 0 spiro atoms. The number of anilines is 2. The topological polar surface area (TPSA) is 49.4 Å². The van der Waals surface area contributed by atoms with Gasteiger partial charge in [0.2, 0.25) is 11.8 Å². The molecular formula is C24H24N2O2. The van der Waals surface area contributed by atoms with Gasteiger partial charge in [0.1, 0.15) is 6.42 Å². The lowest BCUT2D eigenvalue weighted by Gasteiger charge is -2.23. The van der Waals surface area contributed by atoms with Gasteiger partial charge in [0.05, 0.1) is 6.54 Å². The fourth-order valence-electron chi connectivity index (χ4n) is 2.96. The molecule has 0 saturated carbocycles. The third-order valence-corrected chi connectivity index (χ3v) is 4.51. The Morgan fingerprint density at radius 1 is 0.786 bits per heavy atom. The molecule has 3 aromatic carbocycles. The summed E-state index contributed by atoms with van der Waals surface area (Å²) in [5.74, 6) is -0.555.